The molecule has 29 heavy (non-hydrogen) atoms. The first kappa shape index (κ1) is 21.3. The van der Waals surface area contributed by atoms with Gasteiger partial charge in [-0.2, -0.15) is 0 Å². The molecule has 0 aliphatic carbocycles. The van der Waals surface area contributed by atoms with Crippen molar-refractivity contribution in [2.45, 2.75) is 35.1 Å². The summed E-state index contributed by atoms with van der Waals surface area (Å²) in [5.41, 5.74) is 1.75. The highest BCUT2D eigenvalue weighted by atomic mass is 79.9. The van der Waals surface area contributed by atoms with Crippen LogP contribution in [0.2, 0.25) is 15.1 Å². The number of fused-ring (bicyclic) bond motifs is 3. The molecule has 152 valence electrons. The molecule has 2 heterocycles. The number of methoxy groups -OCH3 is 1. The second kappa shape index (κ2) is 8.31. The van der Waals surface area contributed by atoms with Crippen LogP contribution in [0.1, 0.15) is 24.5 Å². The van der Waals surface area contributed by atoms with E-state index < -0.39 is 0 Å². The van der Waals surface area contributed by atoms with Gasteiger partial charge >= 0.3 is 5.97 Å². The maximum Gasteiger partial charge on any atom is 0.306 e. The van der Waals surface area contributed by atoms with E-state index in [1.165, 1.54) is 31.0 Å². The highest BCUT2D eigenvalue weighted by Gasteiger charge is 2.33. The molecule has 3 nitrogen and oxygen atoms in total. The molecule has 0 spiro atoms. The number of esters is 1. The molecule has 3 aromatic rings. The molecule has 1 aliphatic heterocycles. The first-order valence-electron chi connectivity index (χ1n) is 8.70. The van der Waals surface area contributed by atoms with Crippen LogP contribution in [0.15, 0.2) is 38.5 Å². The number of carbonyl (C=O) groups excluding carboxylic acids is 1. The minimum absolute atomic E-state index is 0.0335. The SMILES string of the molecule is COC(=O)CC1CCn2c1c(Sc1cc(Cl)c(Cl)cc1Cl)c1c(Br)cc(F)cc12. The highest BCUT2D eigenvalue weighted by Crippen LogP contribution is 2.50. The van der Waals surface area contributed by atoms with E-state index in [0.29, 0.717) is 26.1 Å². The van der Waals surface area contributed by atoms with E-state index in [1.807, 2.05) is 0 Å². The fraction of sp³-hybridized carbons (Fsp3) is 0.250. The Balaban J connectivity index is 1.92. The van der Waals surface area contributed by atoms with Gasteiger partial charge in [0.25, 0.3) is 0 Å². The van der Waals surface area contributed by atoms with Crippen molar-refractivity contribution < 1.29 is 13.9 Å². The molecule has 1 unspecified atom stereocenters. The van der Waals surface area contributed by atoms with Gasteiger partial charge in [0.1, 0.15) is 5.82 Å². The Kier molecular flexibility index (Phi) is 6.11. The van der Waals surface area contributed by atoms with E-state index in [9.17, 15) is 9.18 Å². The first-order chi connectivity index (χ1) is 13.8. The summed E-state index contributed by atoms with van der Waals surface area (Å²) in [6.45, 7) is 0.694. The lowest BCUT2D eigenvalue weighted by Crippen LogP contribution is -2.07. The van der Waals surface area contributed by atoms with E-state index in [-0.39, 0.29) is 24.1 Å². The third kappa shape index (κ3) is 3.90. The van der Waals surface area contributed by atoms with Crippen molar-refractivity contribution in [2.75, 3.05) is 7.11 Å². The van der Waals surface area contributed by atoms with Gasteiger partial charge in [0.15, 0.2) is 0 Å². The van der Waals surface area contributed by atoms with Gasteiger partial charge in [0.2, 0.25) is 0 Å². The lowest BCUT2D eigenvalue weighted by atomic mass is 10.00. The van der Waals surface area contributed by atoms with E-state index in [0.717, 1.165) is 32.8 Å². The van der Waals surface area contributed by atoms with E-state index >= 15 is 0 Å². The predicted molar refractivity (Wildman–Crippen MR) is 119 cm³/mol. The minimum Gasteiger partial charge on any atom is -0.469 e. The average molecular weight is 538 g/mol. The van der Waals surface area contributed by atoms with Gasteiger partial charge in [-0.3, -0.25) is 4.79 Å². The number of nitrogens with zero attached hydrogens (tertiary/aromatic N) is 1. The van der Waals surface area contributed by atoms with Gasteiger partial charge in [-0.05, 0) is 46.6 Å². The molecule has 0 N–H and O–H groups in total. The highest BCUT2D eigenvalue weighted by molar-refractivity contribution is 9.10. The average Bonchev–Trinajstić information content (AvgIpc) is 3.19. The van der Waals surface area contributed by atoms with Crippen molar-refractivity contribution in [3.05, 3.63) is 55.3 Å². The summed E-state index contributed by atoms with van der Waals surface area (Å²) in [6, 6.07) is 6.28. The van der Waals surface area contributed by atoms with Crippen LogP contribution in [0.4, 0.5) is 4.39 Å². The van der Waals surface area contributed by atoms with E-state index in [2.05, 4.69) is 20.5 Å². The largest absolute Gasteiger partial charge is 0.469 e. The molecule has 1 aliphatic rings. The van der Waals surface area contributed by atoms with Crippen molar-refractivity contribution in [1.82, 2.24) is 4.57 Å². The molecule has 0 saturated carbocycles. The van der Waals surface area contributed by atoms with Gasteiger partial charge in [-0.15, -0.1) is 0 Å². The number of rotatable bonds is 4. The Labute approximate surface area is 194 Å². The molecular weight excluding hydrogens is 524 g/mol. The molecule has 1 aromatic heterocycles. The van der Waals surface area contributed by atoms with Crippen molar-refractivity contribution >= 4 is 79.4 Å². The summed E-state index contributed by atoms with van der Waals surface area (Å²) < 4.78 is 21.7. The van der Waals surface area contributed by atoms with Gasteiger partial charge in [-0.1, -0.05) is 46.6 Å². The van der Waals surface area contributed by atoms with Gasteiger partial charge in [0.05, 0.1) is 34.1 Å². The molecule has 9 heteroatoms. The fourth-order valence-electron chi connectivity index (χ4n) is 3.73. The summed E-state index contributed by atoms with van der Waals surface area (Å²) in [4.78, 5) is 13.6. The molecule has 2 aromatic carbocycles. The minimum atomic E-state index is -0.329. The number of carbonyl (C=O) groups is 1. The van der Waals surface area contributed by atoms with Gasteiger partial charge in [-0.25, -0.2) is 4.39 Å². The molecule has 1 atom stereocenters. The summed E-state index contributed by atoms with van der Waals surface area (Å²) in [5, 5.41) is 2.12. The third-order valence-corrected chi connectivity index (χ3v) is 7.94. The standard InChI is InChI=1S/C20H14BrCl3FNO2S/c1-28-17(27)4-9-2-3-26-15-6-10(25)5-11(21)18(15)20(19(9)26)29-16-8-13(23)12(22)7-14(16)24/h5-9H,2-4H2,1H3. The summed E-state index contributed by atoms with van der Waals surface area (Å²) in [5.74, 6) is -0.637. The molecule has 0 amide bonds. The zero-order valence-electron chi connectivity index (χ0n) is 15.1. The number of hydrogen-bond acceptors (Lipinski definition) is 3. The number of aromatic nitrogens is 1. The summed E-state index contributed by atoms with van der Waals surface area (Å²) in [6.07, 6.45) is 1.03. The normalized spacial score (nSPS) is 15.7. The summed E-state index contributed by atoms with van der Waals surface area (Å²) in [7, 11) is 1.38. The second-order valence-electron chi connectivity index (χ2n) is 6.71. The first-order valence-corrected chi connectivity index (χ1v) is 11.4. The Morgan fingerprint density at radius 3 is 2.69 bits per heavy atom. The number of halogens is 5. The number of hydrogen-bond donors (Lipinski definition) is 0. The fourth-order valence-corrected chi connectivity index (χ4v) is 6.46. The van der Waals surface area contributed by atoms with Crippen molar-refractivity contribution in [3.8, 4) is 0 Å². The monoisotopic (exact) mass is 535 g/mol. The topological polar surface area (TPSA) is 31.2 Å². The molecule has 0 bridgehead atoms. The molecular formula is C20H14BrCl3FNO2S. The number of aryl methyl sites for hydroxylation is 1. The van der Waals surface area contributed by atoms with Crippen LogP contribution in [0.3, 0.4) is 0 Å². The van der Waals surface area contributed by atoms with Gasteiger partial charge < -0.3 is 9.30 Å². The number of benzene rings is 2. The third-order valence-electron chi connectivity index (χ3n) is 4.99. The van der Waals surface area contributed by atoms with Crippen LogP contribution in [-0.2, 0) is 16.1 Å². The zero-order valence-corrected chi connectivity index (χ0v) is 19.7. The Morgan fingerprint density at radius 2 is 1.97 bits per heavy atom. The van der Waals surface area contributed by atoms with Crippen LogP contribution in [0.5, 0.6) is 0 Å². The van der Waals surface area contributed by atoms with Crippen LogP contribution in [0.25, 0.3) is 10.9 Å². The van der Waals surface area contributed by atoms with Crippen LogP contribution < -0.4 is 0 Å². The van der Waals surface area contributed by atoms with Gasteiger partial charge in [0, 0.05) is 37.8 Å². The zero-order chi connectivity index (χ0) is 20.9. The Morgan fingerprint density at radius 1 is 1.24 bits per heavy atom. The number of ether oxygens (including phenoxy) is 1. The van der Waals surface area contributed by atoms with E-state index in [1.54, 1.807) is 12.1 Å². The molecule has 0 fully saturated rings. The Bertz CT molecular complexity index is 1150. The Hall–Kier alpha value is -0.920. The maximum absolute atomic E-state index is 14.1. The molecule has 0 radical (unpaired) electrons. The quantitative estimate of drug-likeness (QED) is 0.252. The second-order valence-corrected chi connectivity index (χ2v) is 9.84. The summed E-state index contributed by atoms with van der Waals surface area (Å²) >= 11 is 23.6. The van der Waals surface area contributed by atoms with Crippen molar-refractivity contribution in [1.29, 1.82) is 0 Å². The van der Waals surface area contributed by atoms with Crippen LogP contribution in [0, 0.1) is 5.82 Å². The molecule has 4 rings (SSSR count). The van der Waals surface area contributed by atoms with Crippen LogP contribution >= 0.6 is 62.5 Å². The van der Waals surface area contributed by atoms with E-state index in [4.69, 9.17) is 39.5 Å². The van der Waals surface area contributed by atoms with Crippen molar-refractivity contribution in [2.24, 2.45) is 0 Å². The van der Waals surface area contributed by atoms with Crippen molar-refractivity contribution in [3.63, 3.8) is 0 Å². The molecule has 0 saturated heterocycles. The van der Waals surface area contributed by atoms with Crippen LogP contribution in [-0.4, -0.2) is 17.6 Å². The predicted octanol–water partition coefficient (Wildman–Crippen LogP) is 7.70. The maximum atomic E-state index is 14.1. The smallest absolute Gasteiger partial charge is 0.306 e. The lowest BCUT2D eigenvalue weighted by molar-refractivity contribution is -0.141. The lowest BCUT2D eigenvalue weighted by Gasteiger charge is -2.13.